The molecule has 8 heteroatoms. The summed E-state index contributed by atoms with van der Waals surface area (Å²) in [6.07, 6.45) is 2.09. The number of ketones is 1. The molecule has 150 valence electrons. The van der Waals surface area contributed by atoms with Gasteiger partial charge in [-0.3, -0.25) is 34.9 Å². The van der Waals surface area contributed by atoms with Gasteiger partial charge >= 0.3 is 5.91 Å². The number of hydrogen-bond acceptors (Lipinski definition) is 5. The lowest BCUT2D eigenvalue weighted by atomic mass is 10.1. The minimum Gasteiger partial charge on any atom is -0.321 e. The molecule has 3 N–H and O–H groups in total. The fourth-order valence-electron chi connectivity index (χ4n) is 3.06. The standard InChI is InChI=1S/C21H22N4O4/c26-18(14-25-12-6-7-13-25)23-24-21(29)19(27)16-10-4-5-11-17(16)22-20(28)15-8-2-1-3-9-15/h1-5,8-11H,6-7,12-14H2,(H,22,28)(H,23,26)(H,24,29). The predicted molar refractivity (Wildman–Crippen MR) is 107 cm³/mol. The van der Waals surface area contributed by atoms with Crippen LogP contribution in [-0.4, -0.2) is 48.0 Å². The van der Waals surface area contributed by atoms with Crippen LogP contribution in [-0.2, 0) is 9.59 Å². The summed E-state index contributed by atoms with van der Waals surface area (Å²) in [5.74, 6) is -2.64. The molecule has 0 saturated carbocycles. The van der Waals surface area contributed by atoms with Gasteiger partial charge in [0.05, 0.1) is 17.8 Å². The summed E-state index contributed by atoms with van der Waals surface area (Å²) in [5.41, 5.74) is 5.07. The number of Topliss-reactive ketones (excluding diaryl/α,β-unsaturated/α-hetero) is 1. The summed E-state index contributed by atoms with van der Waals surface area (Å²) in [4.78, 5) is 50.9. The zero-order chi connectivity index (χ0) is 20.6. The van der Waals surface area contributed by atoms with E-state index >= 15 is 0 Å². The first-order valence-electron chi connectivity index (χ1n) is 9.36. The van der Waals surface area contributed by atoms with E-state index < -0.39 is 23.5 Å². The highest BCUT2D eigenvalue weighted by Gasteiger charge is 2.22. The minimum absolute atomic E-state index is 0.0306. The van der Waals surface area contributed by atoms with Crippen LogP contribution in [0.5, 0.6) is 0 Å². The number of rotatable bonds is 6. The van der Waals surface area contributed by atoms with Crippen molar-refractivity contribution in [1.82, 2.24) is 15.8 Å². The highest BCUT2D eigenvalue weighted by atomic mass is 16.2. The van der Waals surface area contributed by atoms with Crippen molar-refractivity contribution in [2.45, 2.75) is 12.8 Å². The lowest BCUT2D eigenvalue weighted by molar-refractivity contribution is -0.127. The molecule has 1 aliphatic rings. The second-order valence-corrected chi connectivity index (χ2v) is 6.68. The number of carbonyl (C=O) groups excluding carboxylic acids is 4. The van der Waals surface area contributed by atoms with Crippen LogP contribution in [0.4, 0.5) is 5.69 Å². The average Bonchev–Trinajstić information content (AvgIpc) is 3.25. The van der Waals surface area contributed by atoms with Crippen LogP contribution in [0.2, 0.25) is 0 Å². The van der Waals surface area contributed by atoms with Crippen LogP contribution in [0.25, 0.3) is 0 Å². The van der Waals surface area contributed by atoms with Gasteiger partial charge < -0.3 is 5.32 Å². The number of hydrazine groups is 1. The topological polar surface area (TPSA) is 108 Å². The molecule has 8 nitrogen and oxygen atoms in total. The molecule has 0 aromatic heterocycles. The molecule has 2 aromatic rings. The van der Waals surface area contributed by atoms with Crippen molar-refractivity contribution in [3.63, 3.8) is 0 Å². The van der Waals surface area contributed by atoms with Crippen LogP contribution in [0.15, 0.2) is 54.6 Å². The van der Waals surface area contributed by atoms with Gasteiger partial charge in [0.15, 0.2) is 0 Å². The molecular formula is C21H22N4O4. The van der Waals surface area contributed by atoms with Gasteiger partial charge in [-0.25, -0.2) is 0 Å². The van der Waals surface area contributed by atoms with Crippen LogP contribution in [0.1, 0.15) is 33.6 Å². The van der Waals surface area contributed by atoms with Gasteiger partial charge in [0.2, 0.25) is 0 Å². The van der Waals surface area contributed by atoms with Crippen molar-refractivity contribution in [2.75, 3.05) is 25.0 Å². The molecule has 3 rings (SSSR count). The van der Waals surface area contributed by atoms with E-state index in [1.165, 1.54) is 12.1 Å². The van der Waals surface area contributed by atoms with E-state index in [2.05, 4.69) is 16.2 Å². The van der Waals surface area contributed by atoms with E-state index in [0.717, 1.165) is 25.9 Å². The third kappa shape index (κ3) is 5.49. The van der Waals surface area contributed by atoms with E-state index in [1.54, 1.807) is 42.5 Å². The molecule has 1 heterocycles. The van der Waals surface area contributed by atoms with E-state index in [0.29, 0.717) is 5.56 Å². The number of likely N-dealkylation sites (tertiary alicyclic amines) is 1. The molecule has 0 atom stereocenters. The molecule has 29 heavy (non-hydrogen) atoms. The van der Waals surface area contributed by atoms with E-state index in [1.807, 2.05) is 4.90 Å². The summed E-state index contributed by atoms with van der Waals surface area (Å²) in [6, 6.07) is 14.7. The number of hydrogen-bond donors (Lipinski definition) is 3. The number of nitrogens with zero attached hydrogens (tertiary/aromatic N) is 1. The van der Waals surface area contributed by atoms with Gasteiger partial charge in [0.25, 0.3) is 17.6 Å². The minimum atomic E-state index is -0.985. The summed E-state index contributed by atoms with van der Waals surface area (Å²) in [6.45, 7) is 1.85. The smallest absolute Gasteiger partial charge is 0.310 e. The first-order valence-corrected chi connectivity index (χ1v) is 9.36. The first-order chi connectivity index (χ1) is 14.0. The molecule has 0 bridgehead atoms. The van der Waals surface area contributed by atoms with Gasteiger partial charge in [-0.05, 0) is 50.2 Å². The monoisotopic (exact) mass is 394 g/mol. The fourth-order valence-corrected chi connectivity index (χ4v) is 3.06. The molecule has 3 amide bonds. The maximum Gasteiger partial charge on any atom is 0.310 e. The zero-order valence-electron chi connectivity index (χ0n) is 15.8. The van der Waals surface area contributed by atoms with Crippen LogP contribution < -0.4 is 16.2 Å². The highest BCUT2D eigenvalue weighted by molar-refractivity contribution is 6.44. The predicted octanol–water partition coefficient (Wildman–Crippen LogP) is 1.36. The second kappa shape index (κ2) is 9.61. The van der Waals surface area contributed by atoms with Crippen molar-refractivity contribution < 1.29 is 19.2 Å². The van der Waals surface area contributed by atoms with Crippen LogP contribution in [0.3, 0.4) is 0 Å². The molecule has 0 aliphatic carbocycles. The van der Waals surface area contributed by atoms with Crippen molar-refractivity contribution >= 4 is 29.2 Å². The van der Waals surface area contributed by atoms with Crippen molar-refractivity contribution in [3.8, 4) is 0 Å². The molecular weight excluding hydrogens is 372 g/mol. The summed E-state index contributed by atoms with van der Waals surface area (Å²) in [5, 5.41) is 2.64. The molecule has 2 aromatic carbocycles. The van der Waals surface area contributed by atoms with Gasteiger partial charge in [-0.15, -0.1) is 0 Å². The van der Waals surface area contributed by atoms with E-state index in [9.17, 15) is 19.2 Å². The fraction of sp³-hybridized carbons (Fsp3) is 0.238. The molecule has 1 aliphatic heterocycles. The van der Waals surface area contributed by atoms with E-state index in [4.69, 9.17) is 0 Å². The van der Waals surface area contributed by atoms with E-state index in [-0.39, 0.29) is 17.8 Å². The van der Waals surface area contributed by atoms with Crippen LogP contribution >= 0.6 is 0 Å². The summed E-state index contributed by atoms with van der Waals surface area (Å²) >= 11 is 0. The Bertz CT molecular complexity index is 908. The number of carbonyl (C=O) groups is 4. The van der Waals surface area contributed by atoms with Gasteiger partial charge in [-0.1, -0.05) is 30.3 Å². The quantitative estimate of drug-likeness (QED) is 0.390. The number of nitrogens with one attached hydrogen (secondary N) is 3. The third-order valence-electron chi connectivity index (χ3n) is 4.54. The molecule has 1 fully saturated rings. The maximum atomic E-state index is 12.5. The third-order valence-corrected chi connectivity index (χ3v) is 4.54. The lowest BCUT2D eigenvalue weighted by Gasteiger charge is -2.14. The summed E-state index contributed by atoms with van der Waals surface area (Å²) < 4.78 is 0. The number of amides is 3. The average molecular weight is 394 g/mol. The molecule has 0 spiro atoms. The zero-order valence-corrected chi connectivity index (χ0v) is 15.8. The Balaban J connectivity index is 1.60. The molecule has 1 saturated heterocycles. The Labute approximate surface area is 168 Å². The first kappa shape index (κ1) is 20.2. The second-order valence-electron chi connectivity index (χ2n) is 6.68. The van der Waals surface area contributed by atoms with Gasteiger partial charge in [-0.2, -0.15) is 0 Å². The Morgan fingerprint density at radius 1 is 0.828 bits per heavy atom. The summed E-state index contributed by atoms with van der Waals surface area (Å²) in [7, 11) is 0. The lowest BCUT2D eigenvalue weighted by Crippen LogP contribution is -2.48. The van der Waals surface area contributed by atoms with Crippen molar-refractivity contribution in [2.24, 2.45) is 0 Å². The number of benzene rings is 2. The Morgan fingerprint density at radius 2 is 1.48 bits per heavy atom. The number of anilines is 1. The normalized spacial score (nSPS) is 13.5. The maximum absolute atomic E-state index is 12.5. The van der Waals surface area contributed by atoms with Crippen LogP contribution in [0, 0.1) is 0 Å². The highest BCUT2D eigenvalue weighted by Crippen LogP contribution is 2.17. The Hall–Kier alpha value is -3.52. The van der Waals surface area contributed by atoms with Gasteiger partial charge in [0.1, 0.15) is 0 Å². The number of para-hydroxylation sites is 1. The van der Waals surface area contributed by atoms with Gasteiger partial charge in [0, 0.05) is 5.56 Å². The Morgan fingerprint density at radius 3 is 2.21 bits per heavy atom. The molecule has 0 unspecified atom stereocenters. The van der Waals surface area contributed by atoms with Crippen molar-refractivity contribution in [1.29, 1.82) is 0 Å². The Kier molecular flexibility index (Phi) is 6.70. The largest absolute Gasteiger partial charge is 0.321 e. The SMILES string of the molecule is O=C(CN1CCCC1)NNC(=O)C(=O)c1ccccc1NC(=O)c1ccccc1. The van der Waals surface area contributed by atoms with Crippen molar-refractivity contribution in [3.05, 3.63) is 65.7 Å². The molecule has 0 radical (unpaired) electrons.